The standard InChI is InChI=1S/C23H19N5O4S/c29-19-8-6-13-11-14(5-7-16(13)24-19)17-12-33-22(25-17)26-20(30)9-10-28-18-4-2-1-3-15(18)21(31)27-23(28)32/h1-5,7,11-12H,6,8-10H2,(H,24,29)(H,25,26,30)(H,27,31,32). The number of para-hydroxylation sites is 1. The fraction of sp³-hybridized carbons (Fsp3) is 0.174. The Kier molecular flexibility index (Phi) is 5.35. The van der Waals surface area contributed by atoms with Crippen molar-refractivity contribution in [3.05, 3.63) is 74.2 Å². The van der Waals surface area contributed by atoms with Gasteiger partial charge in [0.05, 0.1) is 16.6 Å². The number of thiazole rings is 1. The molecule has 2 amide bonds. The summed E-state index contributed by atoms with van der Waals surface area (Å²) in [7, 11) is 0. The van der Waals surface area contributed by atoms with Crippen molar-refractivity contribution < 1.29 is 9.59 Å². The van der Waals surface area contributed by atoms with E-state index in [2.05, 4.69) is 20.6 Å². The third-order valence-corrected chi connectivity index (χ3v) is 6.27. The van der Waals surface area contributed by atoms with Crippen LogP contribution >= 0.6 is 11.3 Å². The highest BCUT2D eigenvalue weighted by atomic mass is 32.1. The zero-order valence-electron chi connectivity index (χ0n) is 17.4. The van der Waals surface area contributed by atoms with Crippen LogP contribution < -0.4 is 21.9 Å². The van der Waals surface area contributed by atoms with Crippen LogP contribution in [0.2, 0.25) is 0 Å². The maximum Gasteiger partial charge on any atom is 0.328 e. The topological polar surface area (TPSA) is 126 Å². The molecule has 0 saturated heterocycles. The molecule has 10 heteroatoms. The minimum Gasteiger partial charge on any atom is -0.326 e. The van der Waals surface area contributed by atoms with Crippen molar-refractivity contribution >= 4 is 44.9 Å². The van der Waals surface area contributed by atoms with Gasteiger partial charge in [0.2, 0.25) is 11.8 Å². The fourth-order valence-electron chi connectivity index (χ4n) is 3.87. The van der Waals surface area contributed by atoms with E-state index in [0.29, 0.717) is 28.9 Å². The van der Waals surface area contributed by atoms with Crippen molar-refractivity contribution in [2.75, 3.05) is 10.6 Å². The molecule has 0 saturated carbocycles. The predicted octanol–water partition coefficient (Wildman–Crippen LogP) is 2.73. The van der Waals surface area contributed by atoms with E-state index in [9.17, 15) is 19.2 Å². The van der Waals surface area contributed by atoms with Gasteiger partial charge in [-0.15, -0.1) is 11.3 Å². The number of hydrogen-bond donors (Lipinski definition) is 3. The van der Waals surface area contributed by atoms with Gasteiger partial charge in [-0.25, -0.2) is 9.78 Å². The number of rotatable bonds is 5. The third kappa shape index (κ3) is 4.20. The summed E-state index contributed by atoms with van der Waals surface area (Å²) in [4.78, 5) is 55.0. The van der Waals surface area contributed by atoms with Crippen molar-refractivity contribution in [1.82, 2.24) is 14.5 Å². The van der Waals surface area contributed by atoms with E-state index in [1.54, 1.807) is 24.3 Å². The number of amides is 2. The molecule has 3 N–H and O–H groups in total. The Morgan fingerprint density at radius 1 is 1.12 bits per heavy atom. The first kappa shape index (κ1) is 20.8. The number of anilines is 2. The summed E-state index contributed by atoms with van der Waals surface area (Å²) in [6, 6.07) is 12.5. The van der Waals surface area contributed by atoms with Crippen LogP contribution in [0.1, 0.15) is 18.4 Å². The largest absolute Gasteiger partial charge is 0.328 e. The maximum atomic E-state index is 12.5. The van der Waals surface area contributed by atoms with E-state index in [1.165, 1.54) is 15.9 Å². The quantitative estimate of drug-likeness (QED) is 0.421. The number of aromatic amines is 1. The molecule has 33 heavy (non-hydrogen) atoms. The molecule has 0 spiro atoms. The monoisotopic (exact) mass is 461 g/mol. The first-order valence-electron chi connectivity index (χ1n) is 10.4. The van der Waals surface area contributed by atoms with Crippen LogP contribution in [0.4, 0.5) is 10.8 Å². The first-order valence-corrected chi connectivity index (χ1v) is 11.3. The molecule has 0 fully saturated rings. The number of hydrogen-bond acceptors (Lipinski definition) is 6. The molecule has 0 unspecified atom stereocenters. The normalized spacial score (nSPS) is 12.9. The van der Waals surface area contributed by atoms with E-state index < -0.39 is 11.2 Å². The average Bonchev–Trinajstić information content (AvgIpc) is 3.27. The maximum absolute atomic E-state index is 12.5. The molecule has 0 radical (unpaired) electrons. The molecule has 0 atom stereocenters. The Labute approximate surface area is 191 Å². The van der Waals surface area contributed by atoms with Crippen LogP contribution in [-0.4, -0.2) is 26.3 Å². The van der Waals surface area contributed by atoms with Gasteiger partial charge in [-0.2, -0.15) is 0 Å². The van der Waals surface area contributed by atoms with E-state index in [0.717, 1.165) is 22.5 Å². The van der Waals surface area contributed by atoms with Gasteiger partial charge in [0.15, 0.2) is 5.13 Å². The number of aryl methyl sites for hydroxylation is 2. The van der Waals surface area contributed by atoms with Gasteiger partial charge >= 0.3 is 5.69 Å². The molecule has 4 aromatic rings. The highest BCUT2D eigenvalue weighted by Gasteiger charge is 2.16. The van der Waals surface area contributed by atoms with Gasteiger partial charge in [-0.05, 0) is 36.2 Å². The lowest BCUT2D eigenvalue weighted by atomic mass is 9.99. The lowest BCUT2D eigenvalue weighted by Crippen LogP contribution is -2.31. The number of benzene rings is 2. The summed E-state index contributed by atoms with van der Waals surface area (Å²) in [5.74, 6) is -0.266. The molecule has 2 aromatic carbocycles. The zero-order valence-corrected chi connectivity index (χ0v) is 18.2. The summed E-state index contributed by atoms with van der Waals surface area (Å²) in [5.41, 5.74) is 3.01. The molecule has 0 aliphatic carbocycles. The Hall–Kier alpha value is -4.05. The van der Waals surface area contributed by atoms with Crippen LogP contribution in [0.25, 0.3) is 22.2 Å². The molecule has 166 valence electrons. The number of aromatic nitrogens is 3. The number of fused-ring (bicyclic) bond motifs is 2. The molecule has 1 aliphatic heterocycles. The summed E-state index contributed by atoms with van der Waals surface area (Å²) in [6.45, 7) is 0.122. The first-order chi connectivity index (χ1) is 16.0. The molecular weight excluding hydrogens is 442 g/mol. The average molecular weight is 462 g/mol. The van der Waals surface area contributed by atoms with Gasteiger partial charge in [-0.1, -0.05) is 18.2 Å². The molecule has 0 bridgehead atoms. The van der Waals surface area contributed by atoms with Gasteiger partial charge in [0, 0.05) is 36.0 Å². The van der Waals surface area contributed by atoms with Crippen molar-refractivity contribution in [1.29, 1.82) is 0 Å². The van der Waals surface area contributed by atoms with Crippen molar-refractivity contribution in [2.24, 2.45) is 0 Å². The lowest BCUT2D eigenvalue weighted by Gasteiger charge is -2.17. The van der Waals surface area contributed by atoms with Crippen LogP contribution in [-0.2, 0) is 22.6 Å². The summed E-state index contributed by atoms with van der Waals surface area (Å²) >= 11 is 1.31. The van der Waals surface area contributed by atoms with Crippen molar-refractivity contribution in [3.8, 4) is 11.3 Å². The van der Waals surface area contributed by atoms with Crippen LogP contribution in [0.3, 0.4) is 0 Å². The summed E-state index contributed by atoms with van der Waals surface area (Å²) in [5, 5.41) is 8.34. The second kappa shape index (κ2) is 8.47. The fourth-order valence-corrected chi connectivity index (χ4v) is 4.60. The number of carbonyl (C=O) groups excluding carboxylic acids is 2. The van der Waals surface area contributed by atoms with Crippen LogP contribution in [0, 0.1) is 0 Å². The van der Waals surface area contributed by atoms with Crippen molar-refractivity contribution in [2.45, 2.75) is 25.8 Å². The van der Waals surface area contributed by atoms with Crippen molar-refractivity contribution in [3.63, 3.8) is 0 Å². The van der Waals surface area contributed by atoms with E-state index in [4.69, 9.17) is 0 Å². The predicted molar refractivity (Wildman–Crippen MR) is 127 cm³/mol. The zero-order chi connectivity index (χ0) is 22.9. The minimum absolute atomic E-state index is 0.0195. The van der Waals surface area contributed by atoms with Gasteiger partial charge in [0.25, 0.3) is 5.56 Å². The summed E-state index contributed by atoms with van der Waals surface area (Å²) < 4.78 is 1.38. The number of nitrogens with zero attached hydrogens (tertiary/aromatic N) is 2. The molecular formula is C23H19N5O4S. The summed E-state index contributed by atoms with van der Waals surface area (Å²) in [6.07, 6.45) is 1.19. The van der Waals surface area contributed by atoms with Crippen LogP contribution in [0.15, 0.2) is 57.4 Å². The van der Waals surface area contributed by atoms with Gasteiger partial charge in [-0.3, -0.25) is 23.9 Å². The second-order valence-electron chi connectivity index (χ2n) is 7.68. The smallest absolute Gasteiger partial charge is 0.326 e. The van der Waals surface area contributed by atoms with Gasteiger partial charge < -0.3 is 10.6 Å². The molecule has 2 aromatic heterocycles. The Balaban J connectivity index is 1.28. The highest BCUT2D eigenvalue weighted by molar-refractivity contribution is 7.14. The molecule has 3 heterocycles. The number of H-pyrrole nitrogens is 1. The number of carbonyl (C=O) groups is 2. The molecule has 9 nitrogen and oxygen atoms in total. The molecule has 1 aliphatic rings. The highest BCUT2D eigenvalue weighted by Crippen LogP contribution is 2.30. The Morgan fingerprint density at radius 2 is 1.97 bits per heavy atom. The number of nitrogens with one attached hydrogen (secondary N) is 3. The minimum atomic E-state index is -0.549. The van der Waals surface area contributed by atoms with Crippen LogP contribution in [0.5, 0.6) is 0 Å². The lowest BCUT2D eigenvalue weighted by molar-refractivity contribution is -0.117. The van der Waals surface area contributed by atoms with E-state index in [-0.39, 0.29) is 24.8 Å². The molecule has 5 rings (SSSR count). The SMILES string of the molecule is O=C(CCn1c(=O)[nH]c(=O)c2ccccc21)Nc1nc(-c2ccc3c(c2)CCC(=O)N3)cs1. The third-order valence-electron chi connectivity index (χ3n) is 5.51. The van der Waals surface area contributed by atoms with Gasteiger partial charge in [0.1, 0.15) is 0 Å². The van der Waals surface area contributed by atoms with E-state index >= 15 is 0 Å². The van der Waals surface area contributed by atoms with E-state index in [1.807, 2.05) is 23.6 Å². The Morgan fingerprint density at radius 3 is 2.85 bits per heavy atom. The second-order valence-corrected chi connectivity index (χ2v) is 8.54. The Bertz CT molecular complexity index is 1520.